The normalized spacial score (nSPS) is 8.43. The minimum Gasteiger partial charge on any atom is -0.999 e. The third-order valence-electron chi connectivity index (χ3n) is 2.22. The zero-order valence-electron chi connectivity index (χ0n) is 11.4. The van der Waals surface area contributed by atoms with Gasteiger partial charge in [0.2, 0.25) is 0 Å². The molecule has 0 heterocycles. The second-order valence-electron chi connectivity index (χ2n) is 3.47. The second kappa shape index (κ2) is 15.6. The number of hydrogen-bond acceptors (Lipinski definition) is 1. The first-order chi connectivity index (χ1) is 9.74. The van der Waals surface area contributed by atoms with Gasteiger partial charge >= 0.3 is 11.3 Å². The van der Waals surface area contributed by atoms with Gasteiger partial charge in [-0.15, -0.1) is 0 Å². The summed E-state index contributed by atoms with van der Waals surface area (Å²) in [6.07, 6.45) is 0. The fraction of sp³-hybridized carbons (Fsp3) is 0.188. The van der Waals surface area contributed by atoms with Crippen molar-refractivity contribution < 1.29 is 21.7 Å². The minimum atomic E-state index is 0. The largest absolute Gasteiger partial charge is 0.999 e. The molecule has 21 heavy (non-hydrogen) atoms. The molecule has 2 nitrogen and oxygen atoms in total. The minimum absolute atomic E-state index is 0. The van der Waals surface area contributed by atoms with Crippen LogP contribution >= 0.6 is 0 Å². The van der Waals surface area contributed by atoms with E-state index in [0.717, 1.165) is 13.1 Å². The molecule has 5 heteroatoms. The van der Waals surface area contributed by atoms with Crippen LogP contribution in [0.3, 0.4) is 0 Å². The summed E-state index contributed by atoms with van der Waals surface area (Å²) >= 11 is 9.17. The Bertz CT molecular complexity index is 454. The molecule has 0 spiro atoms. The van der Waals surface area contributed by atoms with Gasteiger partial charge in [0, 0.05) is 30.2 Å². The molecule has 0 aliphatic rings. The average Bonchev–Trinajstić information content (AvgIpc) is 3.07. The monoisotopic (exact) mass is 356 g/mol. The molecule has 0 aliphatic heterocycles. The standard InChI is InChI=1S/C10H13NS2.C5H.CO.Fe/c1-2-11(10(12)13)8-9-6-4-3-5-7-9;1-2-4-5-3-1;1-2;/h3-7H,2,8H2,1H3,(H,12,13);1H;;/q;-5;;. The molecule has 0 bridgehead atoms. The van der Waals surface area contributed by atoms with Gasteiger partial charge in [0.15, 0.2) is 0 Å². The Morgan fingerprint density at radius 3 is 2.14 bits per heavy atom. The first kappa shape index (κ1) is 22.5. The molecule has 0 saturated carbocycles. The van der Waals surface area contributed by atoms with Crippen LogP contribution < -0.4 is 0 Å². The van der Waals surface area contributed by atoms with Gasteiger partial charge in [-0.2, -0.15) is 0 Å². The molecule has 0 aliphatic carbocycles. The molecule has 0 radical (unpaired) electrons. The number of nitrogens with zero attached hydrogens (tertiary/aromatic N) is 1. The van der Waals surface area contributed by atoms with E-state index in [-0.39, 0.29) is 17.1 Å². The van der Waals surface area contributed by atoms with Crippen molar-refractivity contribution in [2.75, 3.05) is 6.54 Å². The Hall–Kier alpha value is -0.771. The van der Waals surface area contributed by atoms with Crippen molar-refractivity contribution in [1.29, 1.82) is 0 Å². The molecule has 0 aromatic heterocycles. The maximum absolute atomic E-state index is 7.50. The summed E-state index contributed by atoms with van der Waals surface area (Å²) in [5, 5.41) is 0. The third-order valence-corrected chi connectivity index (χ3v) is 2.76. The van der Waals surface area contributed by atoms with Crippen molar-refractivity contribution in [2.45, 2.75) is 13.5 Å². The van der Waals surface area contributed by atoms with Crippen LogP contribution in [-0.4, -0.2) is 15.8 Å². The number of hydrogen-bond donors (Lipinski definition) is 0. The van der Waals surface area contributed by atoms with Crippen LogP contribution in [0.2, 0.25) is 0 Å². The maximum Gasteiger partial charge on any atom is 0 e. The molecule has 2 aromatic carbocycles. The SMILES string of the molecule is CCN(Cc1ccccc1)C([S-])=[SH+].[C-]#[O+].[Fe].[c-]1[c-][c-][cH-][c-]1. The van der Waals surface area contributed by atoms with Gasteiger partial charge in [0.25, 0.3) is 0 Å². The van der Waals surface area contributed by atoms with E-state index in [1.54, 1.807) is 6.07 Å². The van der Waals surface area contributed by atoms with Crippen molar-refractivity contribution in [3.63, 3.8) is 0 Å². The van der Waals surface area contributed by atoms with Crippen LogP contribution in [0.1, 0.15) is 12.5 Å². The fourth-order valence-corrected chi connectivity index (χ4v) is 1.70. The Kier molecular flexibility index (Phi) is 16.7. The molecule has 2 aromatic rings. The Morgan fingerprint density at radius 1 is 1.29 bits per heavy atom. The van der Waals surface area contributed by atoms with E-state index < -0.39 is 0 Å². The van der Waals surface area contributed by atoms with E-state index in [2.05, 4.69) is 62.2 Å². The predicted molar refractivity (Wildman–Crippen MR) is 85.0 cm³/mol. The molecule has 0 saturated heterocycles. The quantitative estimate of drug-likeness (QED) is 0.210. The molecule has 0 fully saturated rings. The van der Waals surface area contributed by atoms with E-state index in [4.69, 9.17) is 17.3 Å². The summed E-state index contributed by atoms with van der Waals surface area (Å²) in [6.45, 7) is 8.32. The predicted octanol–water partition coefficient (Wildman–Crippen LogP) is 1.99. The van der Waals surface area contributed by atoms with Crippen LogP contribution in [0.25, 0.3) is 0 Å². The van der Waals surface area contributed by atoms with E-state index in [1.807, 2.05) is 23.1 Å². The van der Waals surface area contributed by atoms with Crippen molar-refractivity contribution in [3.8, 4) is 0 Å². The molecular weight excluding hydrogens is 342 g/mol. The van der Waals surface area contributed by atoms with Crippen molar-refractivity contribution in [2.24, 2.45) is 0 Å². The zero-order valence-corrected chi connectivity index (χ0v) is 14.3. The first-order valence-electron chi connectivity index (χ1n) is 5.79. The van der Waals surface area contributed by atoms with Crippen molar-refractivity contribution in [3.05, 3.63) is 72.9 Å². The van der Waals surface area contributed by atoms with Gasteiger partial charge in [0.05, 0.1) is 0 Å². The maximum atomic E-state index is 7.50. The smallest absolute Gasteiger partial charge is 0 e. The molecule has 0 N–H and O–H groups in total. The summed E-state index contributed by atoms with van der Waals surface area (Å²) in [4.78, 5) is 2.05. The third kappa shape index (κ3) is 11.6. The van der Waals surface area contributed by atoms with Crippen LogP contribution in [0, 0.1) is 30.9 Å². The van der Waals surface area contributed by atoms with Gasteiger partial charge in [-0.05, 0) is 5.56 Å². The van der Waals surface area contributed by atoms with Crippen molar-refractivity contribution in [1.82, 2.24) is 4.90 Å². The fourth-order valence-electron chi connectivity index (χ4n) is 1.30. The first-order valence-corrected chi connectivity index (χ1v) is 6.64. The van der Waals surface area contributed by atoms with Crippen LogP contribution in [0.4, 0.5) is 0 Å². The Morgan fingerprint density at radius 2 is 1.81 bits per heavy atom. The average molecular weight is 356 g/mol. The number of benzene rings is 1. The van der Waals surface area contributed by atoms with Crippen LogP contribution in [-0.2, 0) is 53.1 Å². The van der Waals surface area contributed by atoms with Gasteiger partial charge in [-0.25, -0.2) is 4.90 Å². The summed E-state index contributed by atoms with van der Waals surface area (Å²) in [5.41, 5.74) is 1.26. The van der Waals surface area contributed by atoms with E-state index in [9.17, 15) is 0 Å². The molecule has 0 atom stereocenters. The molecular formula is C16H14FeNOS2-5. The number of thiol groups is 1. The summed E-state index contributed by atoms with van der Waals surface area (Å²) in [5.74, 6) is 0. The summed E-state index contributed by atoms with van der Waals surface area (Å²) in [6, 6.07) is 22.3. The molecule has 0 unspecified atom stereocenters. The van der Waals surface area contributed by atoms with Gasteiger partial charge in [-0.1, -0.05) is 37.3 Å². The van der Waals surface area contributed by atoms with Gasteiger partial charge in [-0.3, -0.25) is 0 Å². The topological polar surface area (TPSA) is 23.1 Å². The molecule has 2 rings (SSSR count). The molecule has 114 valence electrons. The number of rotatable bonds is 3. The van der Waals surface area contributed by atoms with E-state index in [1.165, 1.54) is 5.56 Å². The van der Waals surface area contributed by atoms with Crippen LogP contribution in [0.5, 0.6) is 0 Å². The van der Waals surface area contributed by atoms with Crippen LogP contribution in [0.15, 0.2) is 36.4 Å². The zero-order chi connectivity index (χ0) is 15.2. The van der Waals surface area contributed by atoms with Gasteiger partial charge < -0.3 is 43.0 Å². The van der Waals surface area contributed by atoms with Gasteiger partial charge in [0.1, 0.15) is 16.5 Å². The Balaban J connectivity index is 0. The van der Waals surface area contributed by atoms with Crippen molar-refractivity contribution >= 4 is 29.2 Å². The van der Waals surface area contributed by atoms with E-state index in [0.29, 0.717) is 4.32 Å². The summed E-state index contributed by atoms with van der Waals surface area (Å²) in [7, 11) is 0. The second-order valence-corrected chi connectivity index (χ2v) is 4.58. The summed E-state index contributed by atoms with van der Waals surface area (Å²) < 4.78 is 8.16. The van der Waals surface area contributed by atoms with E-state index >= 15 is 0 Å². The molecule has 0 amide bonds. The Labute approximate surface area is 148 Å².